The fraction of sp³-hybridized carbons (Fsp3) is 0.700. The Bertz CT molecular complexity index is 299. The van der Waals surface area contributed by atoms with Crippen molar-refractivity contribution in [2.24, 2.45) is 10.8 Å². The predicted octanol–water partition coefficient (Wildman–Crippen LogP) is 1.17. The number of carboxylic acids is 2. The molecule has 0 heterocycles. The molecule has 15 heavy (non-hydrogen) atoms. The zero-order chi connectivity index (χ0) is 12.4. The van der Waals surface area contributed by atoms with Crippen molar-refractivity contribution in [3.05, 3.63) is 0 Å². The van der Waals surface area contributed by atoms with Crippen molar-refractivity contribution in [2.75, 3.05) is 0 Å². The number of hydrogen-bond acceptors (Lipinski definition) is 3. The molecule has 1 unspecified atom stereocenters. The van der Waals surface area contributed by atoms with Crippen molar-refractivity contribution in [3.8, 4) is 0 Å². The molecule has 0 radical (unpaired) electrons. The third-order valence-electron chi connectivity index (χ3n) is 2.16. The van der Waals surface area contributed by atoms with Crippen molar-refractivity contribution in [3.63, 3.8) is 0 Å². The molecule has 0 spiro atoms. The second-order valence-electron chi connectivity index (χ2n) is 4.79. The first-order valence-electron chi connectivity index (χ1n) is 4.52. The molecule has 0 aliphatic heterocycles. The lowest BCUT2D eigenvalue weighted by Gasteiger charge is -2.29. The highest BCUT2D eigenvalue weighted by Crippen LogP contribution is 2.32. The summed E-state index contributed by atoms with van der Waals surface area (Å²) in [6, 6.07) is 0. The molecule has 5 nitrogen and oxygen atoms in total. The molecule has 0 aromatic rings. The van der Waals surface area contributed by atoms with Crippen LogP contribution in [0.4, 0.5) is 0 Å². The minimum absolute atomic E-state index is 0.579. The van der Waals surface area contributed by atoms with Crippen molar-refractivity contribution in [2.45, 2.75) is 34.1 Å². The van der Waals surface area contributed by atoms with E-state index in [2.05, 4.69) is 0 Å². The molecular formula is C10H16O5. The van der Waals surface area contributed by atoms with Gasteiger partial charge in [-0.2, -0.15) is 0 Å². The molecule has 0 saturated carbocycles. The van der Waals surface area contributed by atoms with Gasteiger partial charge in [-0.25, -0.2) is 0 Å². The summed E-state index contributed by atoms with van der Waals surface area (Å²) in [4.78, 5) is 33.3. The second-order valence-corrected chi connectivity index (χ2v) is 4.79. The van der Waals surface area contributed by atoms with Gasteiger partial charge in [0.25, 0.3) is 0 Å². The molecule has 0 amide bonds. The highest BCUT2D eigenvalue weighted by Gasteiger charge is 2.47. The minimum atomic E-state index is -1.86. The highest BCUT2D eigenvalue weighted by molar-refractivity contribution is 6.07. The molecule has 86 valence electrons. The molecule has 0 fully saturated rings. The number of ketones is 1. The van der Waals surface area contributed by atoms with Crippen LogP contribution in [-0.2, 0) is 14.4 Å². The Morgan fingerprint density at radius 2 is 1.40 bits per heavy atom. The fourth-order valence-corrected chi connectivity index (χ4v) is 1.38. The van der Waals surface area contributed by atoms with Crippen LogP contribution in [0.3, 0.4) is 0 Å². The summed E-state index contributed by atoms with van der Waals surface area (Å²) >= 11 is 0. The van der Waals surface area contributed by atoms with Crippen LogP contribution in [-0.4, -0.2) is 27.9 Å². The maximum Gasteiger partial charge on any atom is 0.317 e. The van der Waals surface area contributed by atoms with E-state index < -0.39 is 35.0 Å². The van der Waals surface area contributed by atoms with Gasteiger partial charge in [-0.15, -0.1) is 0 Å². The smallest absolute Gasteiger partial charge is 0.317 e. The molecule has 0 saturated heterocycles. The van der Waals surface area contributed by atoms with E-state index in [1.54, 1.807) is 20.8 Å². The summed E-state index contributed by atoms with van der Waals surface area (Å²) < 4.78 is 0. The van der Waals surface area contributed by atoms with Crippen LogP contribution in [0.15, 0.2) is 0 Å². The lowest BCUT2D eigenvalue weighted by Crippen LogP contribution is -2.44. The summed E-state index contributed by atoms with van der Waals surface area (Å²) in [5.74, 6) is -3.27. The molecule has 2 N–H and O–H groups in total. The Labute approximate surface area is 88.1 Å². The lowest BCUT2D eigenvalue weighted by atomic mass is 9.71. The minimum Gasteiger partial charge on any atom is -0.481 e. The number of Topliss-reactive ketones (excluding diaryl/α,β-unsaturated/α-hetero) is 1. The van der Waals surface area contributed by atoms with Gasteiger partial charge in [0.05, 0.1) is 6.42 Å². The van der Waals surface area contributed by atoms with Gasteiger partial charge in [0.15, 0.2) is 5.78 Å². The van der Waals surface area contributed by atoms with Gasteiger partial charge in [0.2, 0.25) is 0 Å². The maximum absolute atomic E-state index is 11.8. The zero-order valence-corrected chi connectivity index (χ0v) is 9.33. The normalized spacial score (nSPS) is 15.5. The van der Waals surface area contributed by atoms with Crippen LogP contribution in [0.2, 0.25) is 0 Å². The topological polar surface area (TPSA) is 91.7 Å². The van der Waals surface area contributed by atoms with E-state index in [4.69, 9.17) is 10.2 Å². The van der Waals surface area contributed by atoms with Crippen molar-refractivity contribution < 1.29 is 24.6 Å². The number of carbonyl (C=O) groups is 3. The van der Waals surface area contributed by atoms with E-state index in [1.807, 2.05) is 0 Å². The van der Waals surface area contributed by atoms with Crippen LogP contribution >= 0.6 is 0 Å². The predicted molar refractivity (Wildman–Crippen MR) is 52.5 cm³/mol. The lowest BCUT2D eigenvalue weighted by molar-refractivity contribution is -0.162. The van der Waals surface area contributed by atoms with E-state index in [0.29, 0.717) is 0 Å². The Hall–Kier alpha value is -1.39. The Kier molecular flexibility index (Phi) is 3.63. The molecule has 0 bridgehead atoms. The molecule has 0 aromatic carbocycles. The average molecular weight is 216 g/mol. The van der Waals surface area contributed by atoms with Crippen molar-refractivity contribution in [1.29, 1.82) is 0 Å². The van der Waals surface area contributed by atoms with Crippen LogP contribution in [0.1, 0.15) is 34.1 Å². The maximum atomic E-state index is 11.8. The second kappa shape index (κ2) is 4.00. The Morgan fingerprint density at radius 1 is 1.00 bits per heavy atom. The van der Waals surface area contributed by atoms with Gasteiger partial charge in [-0.1, -0.05) is 20.8 Å². The van der Waals surface area contributed by atoms with Crippen LogP contribution in [0, 0.1) is 10.8 Å². The number of carboxylic acid groups (broad SMARTS) is 2. The zero-order valence-electron chi connectivity index (χ0n) is 9.33. The average Bonchev–Trinajstić information content (AvgIpc) is 1.99. The van der Waals surface area contributed by atoms with Crippen LogP contribution < -0.4 is 0 Å². The van der Waals surface area contributed by atoms with E-state index in [0.717, 1.165) is 6.92 Å². The van der Waals surface area contributed by atoms with Crippen molar-refractivity contribution >= 4 is 17.7 Å². The summed E-state index contributed by atoms with van der Waals surface area (Å²) in [5, 5.41) is 17.5. The molecule has 5 heteroatoms. The third-order valence-corrected chi connectivity index (χ3v) is 2.16. The molecule has 0 rings (SSSR count). The largest absolute Gasteiger partial charge is 0.481 e. The molecule has 0 aliphatic rings. The molecular weight excluding hydrogens is 200 g/mol. The number of carbonyl (C=O) groups excluding carboxylic acids is 1. The van der Waals surface area contributed by atoms with E-state index >= 15 is 0 Å². The van der Waals surface area contributed by atoms with Crippen LogP contribution in [0.25, 0.3) is 0 Å². The number of aliphatic carboxylic acids is 2. The van der Waals surface area contributed by atoms with Crippen LogP contribution in [0.5, 0.6) is 0 Å². The SMILES string of the molecule is CC(C)(C)C(=O)C(C)(CC(=O)O)C(=O)O. The Balaban J connectivity index is 5.22. The summed E-state index contributed by atoms with van der Waals surface area (Å²) in [6.07, 6.45) is -0.696. The first-order valence-corrected chi connectivity index (χ1v) is 4.52. The Morgan fingerprint density at radius 3 is 1.60 bits per heavy atom. The third kappa shape index (κ3) is 3.04. The highest BCUT2D eigenvalue weighted by atomic mass is 16.4. The first-order chi connectivity index (χ1) is 6.51. The number of hydrogen-bond donors (Lipinski definition) is 2. The standard InChI is InChI=1S/C10H16O5/c1-9(2,3)7(13)10(4,8(14)15)5-6(11)12/h5H2,1-4H3,(H,11,12)(H,14,15). The molecule has 0 aliphatic carbocycles. The first kappa shape index (κ1) is 13.6. The number of rotatable bonds is 4. The van der Waals surface area contributed by atoms with E-state index in [9.17, 15) is 14.4 Å². The van der Waals surface area contributed by atoms with E-state index in [1.165, 1.54) is 0 Å². The molecule has 1 atom stereocenters. The van der Waals surface area contributed by atoms with Gasteiger partial charge in [0, 0.05) is 5.41 Å². The fourth-order valence-electron chi connectivity index (χ4n) is 1.38. The molecule has 0 aromatic heterocycles. The quantitative estimate of drug-likeness (QED) is 0.688. The van der Waals surface area contributed by atoms with Gasteiger partial charge in [-0.05, 0) is 6.92 Å². The van der Waals surface area contributed by atoms with Gasteiger partial charge in [0.1, 0.15) is 5.41 Å². The summed E-state index contributed by atoms with van der Waals surface area (Å²) in [5.41, 5.74) is -2.73. The van der Waals surface area contributed by atoms with E-state index in [-0.39, 0.29) is 0 Å². The van der Waals surface area contributed by atoms with Gasteiger partial charge >= 0.3 is 11.9 Å². The monoisotopic (exact) mass is 216 g/mol. The van der Waals surface area contributed by atoms with Gasteiger partial charge < -0.3 is 10.2 Å². The van der Waals surface area contributed by atoms with Crippen molar-refractivity contribution in [1.82, 2.24) is 0 Å². The van der Waals surface area contributed by atoms with Gasteiger partial charge in [-0.3, -0.25) is 14.4 Å². The summed E-state index contributed by atoms with van der Waals surface area (Å²) in [6.45, 7) is 5.85. The summed E-state index contributed by atoms with van der Waals surface area (Å²) in [7, 11) is 0.